The number of likely N-dealkylation sites (N-methyl/N-ethyl adjacent to an activating group) is 1. The van der Waals surface area contributed by atoms with E-state index in [9.17, 15) is 18.5 Å². The van der Waals surface area contributed by atoms with Crippen molar-refractivity contribution in [1.29, 1.82) is 0 Å². The first-order valence-corrected chi connectivity index (χ1v) is 7.20. The van der Waals surface area contributed by atoms with E-state index in [2.05, 4.69) is 5.32 Å². The van der Waals surface area contributed by atoms with Crippen molar-refractivity contribution in [2.75, 3.05) is 39.7 Å². The molecule has 0 saturated carbocycles. The maximum Gasteiger partial charge on any atom is 0.291 e. The van der Waals surface area contributed by atoms with Crippen molar-refractivity contribution in [3.63, 3.8) is 0 Å². The van der Waals surface area contributed by atoms with E-state index in [0.717, 1.165) is 4.31 Å². The summed E-state index contributed by atoms with van der Waals surface area (Å²) in [5.74, 6) is 0. The molecule has 0 radical (unpaired) electrons. The summed E-state index contributed by atoms with van der Waals surface area (Å²) in [6.07, 6.45) is 0. The monoisotopic (exact) mass is 303 g/mol. The summed E-state index contributed by atoms with van der Waals surface area (Å²) < 4.78 is 30.5. The molecular formula is C11H17N3O5S. The number of hydrogen-bond donors (Lipinski definition) is 1. The highest BCUT2D eigenvalue weighted by molar-refractivity contribution is 7.89. The zero-order valence-electron chi connectivity index (χ0n) is 11.5. The molecule has 1 aromatic rings. The maximum absolute atomic E-state index is 12.3. The second kappa shape index (κ2) is 6.64. The molecule has 8 nitrogen and oxygen atoms in total. The number of benzene rings is 1. The Morgan fingerprint density at radius 3 is 2.60 bits per heavy atom. The molecule has 0 aliphatic carbocycles. The number of nitrogens with one attached hydrogen (secondary N) is 1. The summed E-state index contributed by atoms with van der Waals surface area (Å²) >= 11 is 0. The van der Waals surface area contributed by atoms with Crippen LogP contribution in [0.3, 0.4) is 0 Å². The zero-order chi connectivity index (χ0) is 15.3. The molecule has 0 bridgehead atoms. The quantitative estimate of drug-likeness (QED) is 0.593. The molecule has 1 aromatic carbocycles. The highest BCUT2D eigenvalue weighted by Crippen LogP contribution is 2.28. The lowest BCUT2D eigenvalue weighted by atomic mass is 10.3. The van der Waals surface area contributed by atoms with Crippen molar-refractivity contribution in [3.05, 3.63) is 28.3 Å². The van der Waals surface area contributed by atoms with E-state index >= 15 is 0 Å². The fraction of sp³-hybridized carbons (Fsp3) is 0.455. The molecule has 9 heteroatoms. The van der Waals surface area contributed by atoms with Gasteiger partial charge in [-0.1, -0.05) is 0 Å². The number of nitro groups is 1. The second-order valence-corrected chi connectivity index (χ2v) is 6.02. The summed E-state index contributed by atoms with van der Waals surface area (Å²) in [4.78, 5) is 10.00. The van der Waals surface area contributed by atoms with Crippen LogP contribution in [0.5, 0.6) is 0 Å². The van der Waals surface area contributed by atoms with Gasteiger partial charge < -0.3 is 10.1 Å². The van der Waals surface area contributed by atoms with Crippen LogP contribution < -0.4 is 5.32 Å². The predicted octanol–water partition coefficient (Wildman–Crippen LogP) is 0.903. The fourth-order valence-corrected chi connectivity index (χ4v) is 2.83. The van der Waals surface area contributed by atoms with E-state index in [-0.39, 0.29) is 18.0 Å². The normalized spacial score (nSPS) is 11.6. The third-order valence-corrected chi connectivity index (χ3v) is 4.65. The molecule has 0 spiro atoms. The lowest BCUT2D eigenvalue weighted by molar-refractivity contribution is -0.387. The average Bonchev–Trinajstić information content (AvgIpc) is 2.43. The number of methoxy groups -OCH3 is 1. The summed E-state index contributed by atoms with van der Waals surface area (Å²) in [6, 6.07) is 3.89. The molecule has 20 heavy (non-hydrogen) atoms. The summed E-state index contributed by atoms with van der Waals surface area (Å²) in [7, 11) is 0.467. The van der Waals surface area contributed by atoms with Crippen molar-refractivity contribution < 1.29 is 18.1 Å². The Morgan fingerprint density at radius 2 is 2.10 bits per heavy atom. The van der Waals surface area contributed by atoms with E-state index in [1.54, 1.807) is 7.05 Å². The minimum Gasteiger partial charge on any atom is -0.388 e. The molecule has 0 aliphatic heterocycles. The van der Waals surface area contributed by atoms with Crippen molar-refractivity contribution in [3.8, 4) is 0 Å². The average molecular weight is 303 g/mol. The zero-order valence-corrected chi connectivity index (χ0v) is 12.3. The van der Waals surface area contributed by atoms with Gasteiger partial charge in [-0.15, -0.1) is 0 Å². The first-order valence-electron chi connectivity index (χ1n) is 5.76. The van der Waals surface area contributed by atoms with Gasteiger partial charge in [-0.2, -0.15) is 4.31 Å². The van der Waals surface area contributed by atoms with Gasteiger partial charge in [0.1, 0.15) is 0 Å². The lowest BCUT2D eigenvalue weighted by Gasteiger charge is -2.16. The van der Waals surface area contributed by atoms with E-state index < -0.39 is 20.6 Å². The Morgan fingerprint density at radius 1 is 1.45 bits per heavy atom. The maximum atomic E-state index is 12.3. The molecule has 112 valence electrons. The molecule has 0 fully saturated rings. The van der Waals surface area contributed by atoms with Crippen LogP contribution >= 0.6 is 0 Å². The Labute approximate surface area is 117 Å². The number of nitrogens with zero attached hydrogens (tertiary/aromatic N) is 2. The van der Waals surface area contributed by atoms with E-state index in [4.69, 9.17) is 4.74 Å². The van der Waals surface area contributed by atoms with Crippen molar-refractivity contribution >= 4 is 21.4 Å². The lowest BCUT2D eigenvalue weighted by Crippen LogP contribution is -2.30. The van der Waals surface area contributed by atoms with Crippen LogP contribution in [0.2, 0.25) is 0 Å². The van der Waals surface area contributed by atoms with Crippen molar-refractivity contribution in [1.82, 2.24) is 4.31 Å². The number of rotatable bonds is 7. The van der Waals surface area contributed by atoms with Gasteiger partial charge in [0.2, 0.25) is 10.0 Å². The van der Waals surface area contributed by atoms with Gasteiger partial charge in [-0.25, -0.2) is 8.42 Å². The Hall–Kier alpha value is -1.71. The van der Waals surface area contributed by atoms with Crippen LogP contribution in [0, 0.1) is 10.1 Å². The second-order valence-electron chi connectivity index (χ2n) is 4.01. The van der Waals surface area contributed by atoms with Crippen LogP contribution in [0.15, 0.2) is 23.1 Å². The van der Waals surface area contributed by atoms with Gasteiger partial charge in [0, 0.05) is 39.5 Å². The van der Waals surface area contributed by atoms with E-state index in [1.807, 2.05) is 0 Å². The van der Waals surface area contributed by atoms with Crippen LogP contribution in [0.25, 0.3) is 0 Å². The molecule has 0 aliphatic rings. The minimum atomic E-state index is -3.93. The van der Waals surface area contributed by atoms with Crippen LogP contribution in [0.4, 0.5) is 11.4 Å². The Balaban J connectivity index is 3.27. The molecule has 0 amide bonds. The summed E-state index contributed by atoms with van der Waals surface area (Å²) in [5, 5.41) is 13.8. The molecule has 0 unspecified atom stereocenters. The standard InChI is InChI=1S/C11H17N3O5S/c1-12-9-4-5-11(10(8-9)14(15)16)20(17,18)13(2)6-7-19-3/h4-5,8,12H,6-7H2,1-3H3. The largest absolute Gasteiger partial charge is 0.388 e. The number of nitro benzene ring substituents is 1. The number of ether oxygens (including phenoxy) is 1. The summed E-state index contributed by atoms with van der Waals surface area (Å²) in [5.41, 5.74) is 0.0105. The number of sulfonamides is 1. The topological polar surface area (TPSA) is 102 Å². The van der Waals surface area contributed by atoms with Crippen molar-refractivity contribution in [2.24, 2.45) is 0 Å². The molecule has 1 rings (SSSR count). The molecule has 0 aromatic heterocycles. The first kappa shape index (κ1) is 16.3. The SMILES string of the molecule is CNc1ccc(S(=O)(=O)N(C)CCOC)c([N+](=O)[O-])c1. The van der Waals surface area contributed by atoms with Gasteiger partial charge in [-0.3, -0.25) is 10.1 Å². The van der Waals surface area contributed by atoms with Crippen LogP contribution in [0.1, 0.15) is 0 Å². The highest BCUT2D eigenvalue weighted by Gasteiger charge is 2.29. The van der Waals surface area contributed by atoms with Gasteiger partial charge >= 0.3 is 0 Å². The van der Waals surface area contributed by atoms with E-state index in [0.29, 0.717) is 5.69 Å². The fourth-order valence-electron chi connectivity index (χ4n) is 1.54. The Kier molecular flexibility index (Phi) is 5.43. The minimum absolute atomic E-state index is 0.115. The molecular weight excluding hydrogens is 286 g/mol. The molecule has 1 N–H and O–H groups in total. The number of hydrogen-bond acceptors (Lipinski definition) is 6. The van der Waals surface area contributed by atoms with Crippen LogP contribution in [-0.4, -0.2) is 52.0 Å². The van der Waals surface area contributed by atoms with E-state index in [1.165, 1.54) is 32.4 Å². The highest BCUT2D eigenvalue weighted by atomic mass is 32.2. The third kappa shape index (κ3) is 3.44. The van der Waals surface area contributed by atoms with Gasteiger partial charge in [-0.05, 0) is 12.1 Å². The first-order chi connectivity index (χ1) is 9.34. The van der Waals surface area contributed by atoms with Gasteiger partial charge in [0.25, 0.3) is 5.69 Å². The van der Waals surface area contributed by atoms with Crippen LogP contribution in [-0.2, 0) is 14.8 Å². The number of anilines is 1. The Bertz CT molecular complexity index is 588. The third-order valence-electron chi connectivity index (χ3n) is 2.74. The predicted molar refractivity (Wildman–Crippen MR) is 74.3 cm³/mol. The summed E-state index contributed by atoms with van der Waals surface area (Å²) in [6.45, 7) is 0.321. The smallest absolute Gasteiger partial charge is 0.291 e. The van der Waals surface area contributed by atoms with Gasteiger partial charge in [0.15, 0.2) is 4.90 Å². The molecule has 0 saturated heterocycles. The van der Waals surface area contributed by atoms with Crippen molar-refractivity contribution in [2.45, 2.75) is 4.90 Å². The molecule has 0 heterocycles. The molecule has 0 atom stereocenters. The van der Waals surface area contributed by atoms with Gasteiger partial charge in [0.05, 0.1) is 11.5 Å².